The van der Waals surface area contributed by atoms with Crippen LogP contribution in [0.5, 0.6) is 17.2 Å². The standard InChI is InChI=1S/C31H34N2O8S/c1-6-15-40-22-12-9-20(10-13-22)16-25-29(35)33-28(27(30(36)39-8-3)19(4)32-31(33)42-25)21-11-14-23(24(17-21)38-7-2)41-18-26(34)37-5/h9-14,16-17,28H,6-8,15,18H2,1-5H3/b25-16-/t28-/m0/s1. The van der Waals surface area contributed by atoms with Gasteiger partial charge in [0.1, 0.15) is 5.75 Å². The van der Waals surface area contributed by atoms with E-state index < -0.39 is 18.0 Å². The summed E-state index contributed by atoms with van der Waals surface area (Å²) in [5.74, 6) is 0.325. The molecular formula is C31H34N2O8S. The Hall–Kier alpha value is -4.38. The highest BCUT2D eigenvalue weighted by Crippen LogP contribution is 2.36. The molecule has 42 heavy (non-hydrogen) atoms. The molecule has 0 N–H and O–H groups in total. The molecule has 3 aromatic rings. The SMILES string of the molecule is CCCOc1ccc(/C=c2\sc3n(c2=O)[C@@H](c2ccc(OCC(=O)OC)c(OCC)c2)C(C(=O)OCC)=C(C)N=3)cc1. The number of methoxy groups -OCH3 is 1. The summed E-state index contributed by atoms with van der Waals surface area (Å²) in [6, 6.07) is 11.7. The van der Waals surface area contributed by atoms with E-state index in [2.05, 4.69) is 9.73 Å². The number of ether oxygens (including phenoxy) is 5. The molecule has 0 radical (unpaired) electrons. The molecule has 1 aliphatic rings. The molecule has 0 unspecified atom stereocenters. The van der Waals surface area contributed by atoms with Gasteiger partial charge in [-0.25, -0.2) is 14.6 Å². The highest BCUT2D eigenvalue weighted by Gasteiger charge is 2.34. The molecule has 2 aromatic carbocycles. The van der Waals surface area contributed by atoms with Crippen molar-refractivity contribution in [1.29, 1.82) is 0 Å². The van der Waals surface area contributed by atoms with Crippen molar-refractivity contribution in [3.63, 3.8) is 0 Å². The maximum Gasteiger partial charge on any atom is 0.343 e. The lowest BCUT2D eigenvalue weighted by atomic mass is 9.95. The summed E-state index contributed by atoms with van der Waals surface area (Å²) < 4.78 is 29.1. The quantitative estimate of drug-likeness (QED) is 0.293. The number of benzene rings is 2. The summed E-state index contributed by atoms with van der Waals surface area (Å²) in [6.07, 6.45) is 2.70. The summed E-state index contributed by atoms with van der Waals surface area (Å²) in [6.45, 7) is 8.11. The zero-order valence-corrected chi connectivity index (χ0v) is 25.1. The lowest BCUT2D eigenvalue weighted by Gasteiger charge is -2.25. The van der Waals surface area contributed by atoms with Crippen molar-refractivity contribution < 1.29 is 33.3 Å². The average Bonchev–Trinajstić information content (AvgIpc) is 3.29. The number of hydrogen-bond acceptors (Lipinski definition) is 10. The lowest BCUT2D eigenvalue weighted by Crippen LogP contribution is -2.40. The Morgan fingerprint density at radius 2 is 1.76 bits per heavy atom. The van der Waals surface area contributed by atoms with Crippen molar-refractivity contribution in [3.8, 4) is 17.2 Å². The first-order valence-corrected chi connectivity index (χ1v) is 14.5. The average molecular weight is 595 g/mol. The largest absolute Gasteiger partial charge is 0.494 e. The van der Waals surface area contributed by atoms with E-state index in [0.29, 0.717) is 45.3 Å². The molecule has 0 saturated carbocycles. The fourth-order valence-corrected chi connectivity index (χ4v) is 5.46. The van der Waals surface area contributed by atoms with Crippen LogP contribution in [0, 0.1) is 0 Å². The second kappa shape index (κ2) is 14.0. The molecule has 0 bridgehead atoms. The Bertz CT molecular complexity index is 1650. The van der Waals surface area contributed by atoms with Crippen molar-refractivity contribution in [1.82, 2.24) is 4.57 Å². The van der Waals surface area contributed by atoms with Crippen molar-refractivity contribution in [2.45, 2.75) is 40.2 Å². The Kier molecular flexibility index (Phi) is 10.2. The van der Waals surface area contributed by atoms with Gasteiger partial charge in [0, 0.05) is 0 Å². The molecule has 0 amide bonds. The number of allylic oxidation sites excluding steroid dienone is 1. The molecule has 0 spiro atoms. The Balaban J connectivity index is 1.83. The predicted octanol–water partition coefficient (Wildman–Crippen LogP) is 3.54. The van der Waals surface area contributed by atoms with E-state index in [-0.39, 0.29) is 24.3 Å². The van der Waals surface area contributed by atoms with Gasteiger partial charge in [-0.3, -0.25) is 9.36 Å². The molecule has 0 aliphatic carbocycles. The number of thiazole rings is 1. The molecule has 1 aliphatic heterocycles. The lowest BCUT2D eigenvalue weighted by molar-refractivity contribution is -0.143. The minimum atomic E-state index is -0.832. The molecule has 222 valence electrons. The summed E-state index contributed by atoms with van der Waals surface area (Å²) in [5, 5.41) is 0. The third-order valence-corrected chi connectivity index (χ3v) is 7.31. The molecule has 2 heterocycles. The summed E-state index contributed by atoms with van der Waals surface area (Å²) >= 11 is 1.24. The molecule has 1 atom stereocenters. The van der Waals surface area contributed by atoms with Gasteiger partial charge in [-0.2, -0.15) is 0 Å². The minimum absolute atomic E-state index is 0.162. The number of esters is 2. The third-order valence-electron chi connectivity index (χ3n) is 6.32. The maximum atomic E-state index is 13.9. The number of hydrogen-bond donors (Lipinski definition) is 0. The van der Waals surface area contributed by atoms with Crippen LogP contribution >= 0.6 is 11.3 Å². The second-order valence-corrected chi connectivity index (χ2v) is 10.2. The number of aromatic nitrogens is 1. The minimum Gasteiger partial charge on any atom is -0.494 e. The van der Waals surface area contributed by atoms with Crippen molar-refractivity contribution in [2.75, 3.05) is 33.5 Å². The van der Waals surface area contributed by atoms with Crippen LogP contribution < -0.4 is 29.1 Å². The van der Waals surface area contributed by atoms with Gasteiger partial charge >= 0.3 is 11.9 Å². The third kappa shape index (κ3) is 6.73. The Morgan fingerprint density at radius 3 is 2.43 bits per heavy atom. The van der Waals surface area contributed by atoms with Gasteiger partial charge in [0.25, 0.3) is 5.56 Å². The number of carbonyl (C=O) groups excluding carboxylic acids is 2. The summed E-state index contributed by atoms with van der Waals surface area (Å²) in [5.41, 5.74) is 1.82. The molecule has 4 rings (SSSR count). The normalized spacial score (nSPS) is 14.6. The van der Waals surface area contributed by atoms with Crippen LogP contribution in [-0.2, 0) is 19.1 Å². The highest BCUT2D eigenvalue weighted by atomic mass is 32.1. The molecule has 0 fully saturated rings. The van der Waals surface area contributed by atoms with Gasteiger partial charge in [0.15, 0.2) is 22.9 Å². The van der Waals surface area contributed by atoms with Crippen LogP contribution in [0.2, 0.25) is 0 Å². The molecule has 11 heteroatoms. The van der Waals surface area contributed by atoms with Gasteiger partial charge in [0.2, 0.25) is 0 Å². The first-order chi connectivity index (χ1) is 20.3. The Morgan fingerprint density at radius 1 is 1.00 bits per heavy atom. The van der Waals surface area contributed by atoms with E-state index in [0.717, 1.165) is 17.7 Å². The number of nitrogens with zero attached hydrogens (tertiary/aromatic N) is 2. The van der Waals surface area contributed by atoms with Crippen LogP contribution in [0.3, 0.4) is 0 Å². The van der Waals surface area contributed by atoms with E-state index in [1.54, 1.807) is 38.1 Å². The van der Waals surface area contributed by atoms with Crippen molar-refractivity contribution in [3.05, 3.63) is 84.5 Å². The van der Waals surface area contributed by atoms with E-state index in [1.165, 1.54) is 23.0 Å². The second-order valence-electron chi connectivity index (χ2n) is 9.22. The van der Waals surface area contributed by atoms with E-state index >= 15 is 0 Å². The first kappa shape index (κ1) is 30.6. The van der Waals surface area contributed by atoms with Gasteiger partial charge in [-0.1, -0.05) is 36.5 Å². The molecule has 10 nitrogen and oxygen atoms in total. The fourth-order valence-electron chi connectivity index (χ4n) is 4.42. The zero-order chi connectivity index (χ0) is 30.2. The van der Waals surface area contributed by atoms with Crippen LogP contribution in [0.25, 0.3) is 6.08 Å². The topological polar surface area (TPSA) is 115 Å². The van der Waals surface area contributed by atoms with Crippen molar-refractivity contribution in [2.24, 2.45) is 4.99 Å². The first-order valence-electron chi connectivity index (χ1n) is 13.7. The number of rotatable bonds is 12. The zero-order valence-electron chi connectivity index (χ0n) is 24.3. The molecular weight excluding hydrogens is 560 g/mol. The molecule has 0 saturated heterocycles. The highest BCUT2D eigenvalue weighted by molar-refractivity contribution is 7.07. The van der Waals surface area contributed by atoms with Gasteiger partial charge < -0.3 is 23.7 Å². The number of fused-ring (bicyclic) bond motifs is 1. The van der Waals surface area contributed by atoms with Gasteiger partial charge in [0.05, 0.1) is 48.8 Å². The van der Waals surface area contributed by atoms with E-state index in [9.17, 15) is 14.4 Å². The maximum absolute atomic E-state index is 13.9. The molecule has 1 aromatic heterocycles. The summed E-state index contributed by atoms with van der Waals surface area (Å²) in [4.78, 5) is 43.9. The van der Waals surface area contributed by atoms with Gasteiger partial charge in [-0.15, -0.1) is 0 Å². The van der Waals surface area contributed by atoms with E-state index in [4.69, 9.17) is 18.9 Å². The predicted molar refractivity (Wildman–Crippen MR) is 158 cm³/mol. The van der Waals surface area contributed by atoms with Gasteiger partial charge in [-0.05, 0) is 68.7 Å². The van der Waals surface area contributed by atoms with Crippen LogP contribution in [0.15, 0.2) is 63.5 Å². The van der Waals surface area contributed by atoms with Crippen LogP contribution in [0.1, 0.15) is 51.3 Å². The van der Waals surface area contributed by atoms with Crippen molar-refractivity contribution >= 4 is 29.4 Å². The monoisotopic (exact) mass is 594 g/mol. The Labute approximate surface area is 247 Å². The smallest absolute Gasteiger partial charge is 0.343 e. The summed E-state index contributed by atoms with van der Waals surface area (Å²) in [7, 11) is 1.27. The number of carbonyl (C=O) groups is 2. The fraction of sp³-hybridized carbons (Fsp3) is 0.355. The van der Waals surface area contributed by atoms with Crippen LogP contribution in [0.4, 0.5) is 0 Å². The van der Waals surface area contributed by atoms with Crippen LogP contribution in [-0.4, -0.2) is 50.0 Å². The van der Waals surface area contributed by atoms with E-state index in [1.807, 2.05) is 38.1 Å².